The topological polar surface area (TPSA) is 98.2 Å². The average Bonchev–Trinajstić information content (AvgIpc) is 2.27. The van der Waals surface area contributed by atoms with Crippen molar-refractivity contribution in [2.45, 2.75) is 51.6 Å². The van der Waals surface area contributed by atoms with Crippen LogP contribution in [0.4, 0.5) is 0 Å². The molecule has 1 aliphatic carbocycles. The maximum Gasteiger partial charge on any atom is 0.239 e. The van der Waals surface area contributed by atoms with Gasteiger partial charge in [-0.15, -0.1) is 0 Å². The summed E-state index contributed by atoms with van der Waals surface area (Å²) in [4.78, 5) is 22.8. The van der Waals surface area contributed by atoms with E-state index in [1.165, 1.54) is 0 Å². The second-order valence-corrected chi connectivity index (χ2v) is 5.11. The van der Waals surface area contributed by atoms with Crippen molar-refractivity contribution < 1.29 is 9.59 Å². The van der Waals surface area contributed by atoms with E-state index in [-0.39, 0.29) is 17.9 Å². The van der Waals surface area contributed by atoms with Crippen molar-refractivity contribution in [1.82, 2.24) is 5.32 Å². The molecule has 1 aliphatic rings. The molecule has 98 valence electrons. The predicted molar refractivity (Wildman–Crippen MR) is 65.9 cm³/mol. The summed E-state index contributed by atoms with van der Waals surface area (Å²) in [6, 6.07) is -0.403. The van der Waals surface area contributed by atoms with E-state index in [1.54, 1.807) is 6.92 Å². The first-order valence-corrected chi connectivity index (χ1v) is 6.27. The summed E-state index contributed by atoms with van der Waals surface area (Å²) in [7, 11) is 0. The molecular weight excluding hydrogens is 218 g/mol. The molecule has 5 heteroatoms. The highest BCUT2D eigenvalue weighted by molar-refractivity contribution is 5.87. The summed E-state index contributed by atoms with van der Waals surface area (Å²) in [5.74, 6) is -0.400. The Morgan fingerprint density at radius 2 is 1.94 bits per heavy atom. The lowest BCUT2D eigenvalue weighted by Gasteiger charge is -2.30. The van der Waals surface area contributed by atoms with Gasteiger partial charge < -0.3 is 16.8 Å². The van der Waals surface area contributed by atoms with Crippen molar-refractivity contribution in [1.29, 1.82) is 0 Å². The summed E-state index contributed by atoms with van der Waals surface area (Å²) in [5.41, 5.74) is 11.0. The molecule has 1 saturated carbocycles. The minimum atomic E-state index is -0.609. The van der Waals surface area contributed by atoms with Crippen LogP contribution in [-0.4, -0.2) is 23.9 Å². The molecule has 5 nitrogen and oxygen atoms in total. The average molecular weight is 241 g/mol. The minimum absolute atomic E-state index is 0.101. The Hall–Kier alpha value is -1.10. The van der Waals surface area contributed by atoms with Crippen LogP contribution in [0.5, 0.6) is 0 Å². The Balaban J connectivity index is 2.48. The normalized spacial score (nSPS) is 28.2. The third-order valence-corrected chi connectivity index (χ3v) is 3.66. The number of primary amides is 1. The van der Waals surface area contributed by atoms with Gasteiger partial charge in [-0.3, -0.25) is 9.59 Å². The fourth-order valence-electron chi connectivity index (χ4n) is 2.35. The molecule has 2 amide bonds. The molecule has 0 aromatic carbocycles. The molecule has 0 bridgehead atoms. The van der Waals surface area contributed by atoms with Crippen molar-refractivity contribution in [2.75, 3.05) is 0 Å². The van der Waals surface area contributed by atoms with E-state index >= 15 is 0 Å². The zero-order valence-electron chi connectivity index (χ0n) is 10.6. The molecule has 0 radical (unpaired) electrons. The predicted octanol–water partition coefficient (Wildman–Crippen LogP) is 0.130. The van der Waals surface area contributed by atoms with Crippen molar-refractivity contribution in [3.05, 3.63) is 0 Å². The Bertz CT molecular complexity index is 293. The van der Waals surface area contributed by atoms with Crippen LogP contribution in [0.25, 0.3) is 0 Å². The number of carbonyl (C=O) groups is 2. The first kappa shape index (κ1) is 14.0. The first-order chi connectivity index (χ1) is 7.91. The molecule has 0 heterocycles. The van der Waals surface area contributed by atoms with Gasteiger partial charge in [0.2, 0.25) is 11.8 Å². The van der Waals surface area contributed by atoms with Crippen molar-refractivity contribution in [3.8, 4) is 0 Å². The number of hydrogen-bond acceptors (Lipinski definition) is 3. The van der Waals surface area contributed by atoms with Crippen molar-refractivity contribution in [3.63, 3.8) is 0 Å². The van der Waals surface area contributed by atoms with E-state index in [9.17, 15) is 9.59 Å². The van der Waals surface area contributed by atoms with Crippen LogP contribution >= 0.6 is 0 Å². The molecule has 1 fully saturated rings. The zero-order chi connectivity index (χ0) is 13.0. The van der Waals surface area contributed by atoms with Crippen LogP contribution in [0.1, 0.15) is 39.5 Å². The fraction of sp³-hybridized carbons (Fsp3) is 0.833. The van der Waals surface area contributed by atoms with Gasteiger partial charge in [0.05, 0.1) is 0 Å². The zero-order valence-corrected chi connectivity index (χ0v) is 10.6. The van der Waals surface area contributed by atoms with Gasteiger partial charge in [-0.2, -0.15) is 0 Å². The molecule has 0 aromatic heterocycles. The van der Waals surface area contributed by atoms with Gasteiger partial charge in [-0.25, -0.2) is 0 Å². The van der Waals surface area contributed by atoms with Gasteiger partial charge in [-0.05, 0) is 32.1 Å². The van der Waals surface area contributed by atoms with Crippen molar-refractivity contribution in [2.24, 2.45) is 23.3 Å². The van der Waals surface area contributed by atoms with Gasteiger partial charge >= 0.3 is 0 Å². The molecule has 17 heavy (non-hydrogen) atoms. The van der Waals surface area contributed by atoms with Crippen LogP contribution in [0.3, 0.4) is 0 Å². The molecule has 0 aromatic rings. The minimum Gasteiger partial charge on any atom is -0.368 e. The second-order valence-electron chi connectivity index (χ2n) is 5.11. The maximum atomic E-state index is 11.9. The molecule has 5 N–H and O–H groups in total. The van der Waals surface area contributed by atoms with Crippen LogP contribution in [0.2, 0.25) is 0 Å². The van der Waals surface area contributed by atoms with E-state index in [1.807, 2.05) is 6.92 Å². The molecular formula is C12H23N3O2. The largest absolute Gasteiger partial charge is 0.368 e. The van der Waals surface area contributed by atoms with Gasteiger partial charge in [0, 0.05) is 12.0 Å². The van der Waals surface area contributed by atoms with E-state index in [4.69, 9.17) is 11.5 Å². The highest BCUT2D eigenvalue weighted by Gasteiger charge is 2.29. The first-order valence-electron chi connectivity index (χ1n) is 6.27. The molecule has 4 unspecified atom stereocenters. The number of rotatable bonds is 4. The number of nitrogens with one attached hydrogen (secondary N) is 1. The number of carbonyl (C=O) groups excluding carboxylic acids is 2. The lowest BCUT2D eigenvalue weighted by molar-refractivity contribution is -0.130. The van der Waals surface area contributed by atoms with Crippen LogP contribution in [-0.2, 0) is 9.59 Å². The molecule has 0 saturated heterocycles. The monoisotopic (exact) mass is 241 g/mol. The van der Waals surface area contributed by atoms with Crippen LogP contribution in [0.15, 0.2) is 0 Å². The fourth-order valence-corrected chi connectivity index (χ4v) is 2.35. The van der Waals surface area contributed by atoms with Gasteiger partial charge in [0.15, 0.2) is 0 Å². The third kappa shape index (κ3) is 4.00. The summed E-state index contributed by atoms with van der Waals surface area (Å²) in [6.45, 7) is 3.49. The SMILES string of the molecule is CC(NC(=O)C(C)C1CCCC(N)C1)C(N)=O. The van der Waals surface area contributed by atoms with E-state index in [0.717, 1.165) is 25.7 Å². The Kier molecular flexibility index (Phi) is 4.93. The smallest absolute Gasteiger partial charge is 0.239 e. The molecule has 0 aliphatic heterocycles. The summed E-state index contributed by atoms with van der Waals surface area (Å²) >= 11 is 0. The van der Waals surface area contributed by atoms with Crippen LogP contribution < -0.4 is 16.8 Å². The van der Waals surface area contributed by atoms with E-state index in [0.29, 0.717) is 5.92 Å². The Morgan fingerprint density at radius 3 is 2.47 bits per heavy atom. The third-order valence-electron chi connectivity index (χ3n) is 3.66. The summed E-state index contributed by atoms with van der Waals surface area (Å²) in [6.07, 6.45) is 4.05. The van der Waals surface area contributed by atoms with Crippen LogP contribution in [0, 0.1) is 11.8 Å². The molecule has 4 atom stereocenters. The summed E-state index contributed by atoms with van der Waals surface area (Å²) < 4.78 is 0. The van der Waals surface area contributed by atoms with Gasteiger partial charge in [-0.1, -0.05) is 13.3 Å². The van der Waals surface area contributed by atoms with Gasteiger partial charge in [0.25, 0.3) is 0 Å². The number of amides is 2. The highest BCUT2D eigenvalue weighted by atomic mass is 16.2. The summed E-state index contributed by atoms with van der Waals surface area (Å²) in [5, 5.41) is 2.64. The molecule has 1 rings (SSSR count). The quantitative estimate of drug-likeness (QED) is 0.652. The molecule has 0 spiro atoms. The Morgan fingerprint density at radius 1 is 1.29 bits per heavy atom. The maximum absolute atomic E-state index is 11.9. The van der Waals surface area contributed by atoms with E-state index < -0.39 is 11.9 Å². The number of nitrogens with two attached hydrogens (primary N) is 2. The van der Waals surface area contributed by atoms with Crippen molar-refractivity contribution >= 4 is 11.8 Å². The second kappa shape index (κ2) is 6.00. The standard InChI is InChI=1S/C12H23N3O2/c1-7(9-4-3-5-10(13)6-9)12(17)15-8(2)11(14)16/h7-10H,3-6,13H2,1-2H3,(H2,14,16)(H,15,17). The highest BCUT2D eigenvalue weighted by Crippen LogP contribution is 2.29. The number of hydrogen-bond donors (Lipinski definition) is 3. The lowest BCUT2D eigenvalue weighted by atomic mass is 9.78. The Labute approximate surface area is 102 Å². The van der Waals surface area contributed by atoms with E-state index in [2.05, 4.69) is 5.32 Å². The van der Waals surface area contributed by atoms with Gasteiger partial charge in [0.1, 0.15) is 6.04 Å². The lowest BCUT2D eigenvalue weighted by Crippen LogP contribution is -2.46.